The molecular weight excluding hydrogens is 428 g/mol. The van der Waals surface area contributed by atoms with Gasteiger partial charge in [-0.15, -0.1) is 18.3 Å². The largest absolute Gasteiger partial charge is 0.481 e. The van der Waals surface area contributed by atoms with Crippen molar-refractivity contribution in [2.75, 3.05) is 19.7 Å². The third-order valence-electron chi connectivity index (χ3n) is 7.21. The van der Waals surface area contributed by atoms with Crippen LogP contribution in [-0.4, -0.2) is 73.0 Å². The van der Waals surface area contributed by atoms with Gasteiger partial charge in [-0.25, -0.2) is 0 Å². The molecule has 3 aliphatic heterocycles. The highest BCUT2D eigenvalue weighted by atomic mass is 32.2. The van der Waals surface area contributed by atoms with Gasteiger partial charge in [0, 0.05) is 31.0 Å². The fraction of sp³-hybridized carbons (Fsp3) is 0.542. The Morgan fingerprint density at radius 2 is 2.03 bits per heavy atom. The number of hydrogen-bond donors (Lipinski definition) is 2. The molecule has 0 aromatic heterocycles. The van der Waals surface area contributed by atoms with Gasteiger partial charge in [-0.1, -0.05) is 36.4 Å². The van der Waals surface area contributed by atoms with Crippen LogP contribution in [0.15, 0.2) is 43.0 Å². The third kappa shape index (κ3) is 3.44. The number of amides is 2. The Labute approximate surface area is 192 Å². The smallest absolute Gasteiger partial charge is 0.308 e. The predicted octanol–water partition coefficient (Wildman–Crippen LogP) is 2.15. The van der Waals surface area contributed by atoms with Crippen molar-refractivity contribution in [3.63, 3.8) is 0 Å². The lowest BCUT2D eigenvalue weighted by Crippen LogP contribution is -2.54. The van der Waals surface area contributed by atoms with E-state index >= 15 is 0 Å². The quantitative estimate of drug-likeness (QED) is 0.551. The molecule has 3 aliphatic rings. The van der Waals surface area contributed by atoms with Gasteiger partial charge >= 0.3 is 5.97 Å². The number of fused-ring (bicyclic) bond motifs is 1. The summed E-state index contributed by atoms with van der Waals surface area (Å²) in [4.78, 5) is 43.1. The second kappa shape index (κ2) is 8.56. The molecule has 2 amide bonds. The van der Waals surface area contributed by atoms with E-state index in [1.807, 2.05) is 37.3 Å². The van der Waals surface area contributed by atoms with Crippen molar-refractivity contribution in [3.8, 4) is 0 Å². The van der Waals surface area contributed by atoms with E-state index in [9.17, 15) is 24.6 Å². The fourth-order valence-corrected chi connectivity index (χ4v) is 8.27. The van der Waals surface area contributed by atoms with Crippen LogP contribution in [0.4, 0.5) is 0 Å². The Kier molecular flexibility index (Phi) is 6.11. The first-order chi connectivity index (χ1) is 15.3. The van der Waals surface area contributed by atoms with Gasteiger partial charge in [0.25, 0.3) is 0 Å². The highest BCUT2D eigenvalue weighted by molar-refractivity contribution is 8.02. The average molecular weight is 459 g/mol. The maximum Gasteiger partial charge on any atom is 0.308 e. The lowest BCUT2D eigenvalue weighted by molar-refractivity contribution is -0.150. The predicted molar refractivity (Wildman–Crippen MR) is 122 cm³/mol. The van der Waals surface area contributed by atoms with Gasteiger partial charge in [0.2, 0.25) is 11.8 Å². The number of carboxylic acid groups (broad SMARTS) is 1. The van der Waals surface area contributed by atoms with Gasteiger partial charge in [-0.3, -0.25) is 14.4 Å². The van der Waals surface area contributed by atoms with Crippen LogP contribution >= 0.6 is 11.8 Å². The normalized spacial score (nSPS) is 32.8. The summed E-state index contributed by atoms with van der Waals surface area (Å²) < 4.78 is -1.31. The van der Waals surface area contributed by atoms with Gasteiger partial charge in [0.1, 0.15) is 6.04 Å². The molecule has 172 valence electrons. The van der Waals surface area contributed by atoms with Gasteiger partial charge in [0.15, 0.2) is 0 Å². The van der Waals surface area contributed by atoms with Crippen LogP contribution in [0, 0.1) is 11.8 Å². The summed E-state index contributed by atoms with van der Waals surface area (Å²) in [6.45, 7) is 6.57. The number of aliphatic hydroxyl groups excluding tert-OH is 1. The molecule has 3 fully saturated rings. The average Bonchev–Trinajstić information content (AvgIpc) is 3.33. The van der Waals surface area contributed by atoms with Crippen molar-refractivity contribution < 1.29 is 24.6 Å². The number of aliphatic hydroxyl groups is 1. The van der Waals surface area contributed by atoms with E-state index in [1.165, 1.54) is 11.8 Å². The van der Waals surface area contributed by atoms with Gasteiger partial charge in [-0.05, 0) is 31.7 Å². The van der Waals surface area contributed by atoms with Crippen LogP contribution in [0.5, 0.6) is 0 Å². The number of likely N-dealkylation sites (tertiary alicyclic amines) is 1. The zero-order valence-electron chi connectivity index (χ0n) is 18.3. The molecule has 3 saturated heterocycles. The lowest BCUT2D eigenvalue weighted by Gasteiger charge is -2.37. The standard InChI is InChI=1S/C24H30N2O5S/c1-3-12-25(15-16-8-5-4-6-9-16)21(29)19-24-11-10-23(2,32-24)18(22(30)31)17(24)20(28)26(19)13-7-14-27/h3-6,8-9,17-19,27H,1,7,10-15H2,2H3,(H,30,31)/t17-,18-,19?,23+,24?/m0/s1. The first kappa shape index (κ1) is 22.9. The van der Waals surface area contributed by atoms with Crippen LogP contribution in [0.1, 0.15) is 31.7 Å². The molecular formula is C24H30N2O5S. The molecule has 2 unspecified atom stereocenters. The number of hydrogen-bond acceptors (Lipinski definition) is 5. The molecule has 3 heterocycles. The van der Waals surface area contributed by atoms with E-state index in [0.717, 1.165) is 5.56 Å². The highest BCUT2D eigenvalue weighted by Gasteiger charge is 2.77. The molecule has 0 saturated carbocycles. The second-order valence-electron chi connectivity index (χ2n) is 9.17. The van der Waals surface area contributed by atoms with Crippen molar-refractivity contribution in [2.45, 2.75) is 48.3 Å². The number of carbonyl (C=O) groups excluding carboxylic acids is 2. The monoisotopic (exact) mass is 458 g/mol. The summed E-state index contributed by atoms with van der Waals surface area (Å²) in [7, 11) is 0. The first-order valence-electron chi connectivity index (χ1n) is 11.1. The molecule has 1 aromatic carbocycles. The maximum atomic E-state index is 14.0. The fourth-order valence-electron chi connectivity index (χ4n) is 5.93. The molecule has 7 nitrogen and oxygen atoms in total. The van der Waals surface area contributed by atoms with Crippen molar-refractivity contribution in [1.82, 2.24) is 9.80 Å². The van der Waals surface area contributed by atoms with E-state index in [-0.39, 0.29) is 25.0 Å². The van der Waals surface area contributed by atoms with Gasteiger partial charge in [-0.2, -0.15) is 0 Å². The summed E-state index contributed by atoms with van der Waals surface area (Å²) in [5.74, 6) is -2.95. The van der Waals surface area contributed by atoms with E-state index in [0.29, 0.717) is 32.4 Å². The van der Waals surface area contributed by atoms with Crippen molar-refractivity contribution in [3.05, 3.63) is 48.6 Å². The molecule has 4 rings (SSSR count). The Bertz CT molecular complexity index is 924. The minimum absolute atomic E-state index is 0.101. The van der Waals surface area contributed by atoms with Crippen molar-refractivity contribution in [2.24, 2.45) is 11.8 Å². The number of benzene rings is 1. The number of rotatable bonds is 9. The van der Waals surface area contributed by atoms with E-state index < -0.39 is 33.3 Å². The molecule has 8 heteroatoms. The Hall–Kier alpha value is -2.32. The van der Waals surface area contributed by atoms with Crippen molar-refractivity contribution in [1.29, 1.82) is 0 Å². The number of thioether (sulfide) groups is 1. The minimum Gasteiger partial charge on any atom is -0.481 e. The van der Waals surface area contributed by atoms with E-state index in [4.69, 9.17) is 0 Å². The Balaban J connectivity index is 1.73. The molecule has 2 N–H and O–H groups in total. The summed E-state index contributed by atoms with van der Waals surface area (Å²) in [6.07, 6.45) is 3.31. The Morgan fingerprint density at radius 3 is 2.66 bits per heavy atom. The van der Waals surface area contributed by atoms with Crippen LogP contribution in [0.3, 0.4) is 0 Å². The first-order valence-corrected chi connectivity index (χ1v) is 11.9. The van der Waals surface area contributed by atoms with Crippen LogP contribution in [0.25, 0.3) is 0 Å². The van der Waals surface area contributed by atoms with Crippen LogP contribution in [-0.2, 0) is 20.9 Å². The molecule has 1 spiro atoms. The number of carboxylic acids is 1. The Morgan fingerprint density at radius 1 is 1.31 bits per heavy atom. The lowest BCUT2D eigenvalue weighted by atomic mass is 9.66. The summed E-state index contributed by atoms with van der Waals surface area (Å²) >= 11 is 1.53. The van der Waals surface area contributed by atoms with Gasteiger partial charge < -0.3 is 20.0 Å². The summed E-state index contributed by atoms with van der Waals surface area (Å²) in [6, 6.07) is 8.90. The topological polar surface area (TPSA) is 98.2 Å². The second-order valence-corrected chi connectivity index (χ2v) is 11.1. The van der Waals surface area contributed by atoms with Gasteiger partial charge in [0.05, 0.1) is 16.6 Å². The van der Waals surface area contributed by atoms with Crippen LogP contribution in [0.2, 0.25) is 0 Å². The summed E-state index contributed by atoms with van der Waals surface area (Å²) in [5.41, 5.74) is 0.974. The molecule has 2 bridgehead atoms. The molecule has 0 aliphatic carbocycles. The number of nitrogens with zero attached hydrogens (tertiary/aromatic N) is 2. The molecule has 1 aromatic rings. The maximum absolute atomic E-state index is 14.0. The zero-order chi connectivity index (χ0) is 23.1. The number of carbonyl (C=O) groups is 3. The SMILES string of the molecule is C=CCN(Cc1ccccc1)C(=O)C1N(CCCO)C(=O)[C@@H]2[C@@H](C(=O)O)[C@@]3(C)CCC12S3. The zero-order valence-corrected chi connectivity index (χ0v) is 19.1. The van der Waals surface area contributed by atoms with E-state index in [2.05, 4.69) is 6.58 Å². The molecule has 32 heavy (non-hydrogen) atoms. The van der Waals surface area contributed by atoms with E-state index in [1.54, 1.807) is 15.9 Å². The highest BCUT2D eigenvalue weighted by Crippen LogP contribution is 2.71. The van der Waals surface area contributed by atoms with Crippen LogP contribution < -0.4 is 0 Å². The molecule has 0 radical (unpaired) electrons. The van der Waals surface area contributed by atoms with Crippen molar-refractivity contribution >= 4 is 29.5 Å². The summed E-state index contributed by atoms with van der Waals surface area (Å²) in [5, 5.41) is 19.4. The third-order valence-corrected chi connectivity index (χ3v) is 9.20. The number of aliphatic carboxylic acids is 1. The minimum atomic E-state index is -0.970. The molecule has 5 atom stereocenters.